The molecule has 0 fully saturated rings. The van der Waals surface area contributed by atoms with Crippen molar-refractivity contribution in [3.05, 3.63) is 70.6 Å². The molecule has 3 aromatic rings. The van der Waals surface area contributed by atoms with Crippen molar-refractivity contribution in [1.29, 1.82) is 0 Å². The summed E-state index contributed by atoms with van der Waals surface area (Å²) in [5, 5.41) is 11.2. The molecule has 0 aliphatic rings. The van der Waals surface area contributed by atoms with Crippen LogP contribution in [0.5, 0.6) is 0 Å². The summed E-state index contributed by atoms with van der Waals surface area (Å²) in [6.07, 6.45) is 0. The third-order valence-electron chi connectivity index (χ3n) is 5.19. The molecule has 0 aliphatic carbocycles. The van der Waals surface area contributed by atoms with Gasteiger partial charge >= 0.3 is 11.9 Å². The number of esters is 2. The second kappa shape index (κ2) is 10.00. The number of nitrogens with one attached hydrogen (secondary N) is 1. The molecule has 0 aliphatic heterocycles. The number of carbonyl (C=O) groups excluding carboxylic acids is 2. The Balaban J connectivity index is 1.95. The standard InChI is InChI=1S/C26H27ClFN3O4/c1-25(2,3)35-24(33)26(4,5)15-10-12-16(13-11-15)29-20-14-19(30-31-22(20)23(32)34-6)21-17(27)8-7-9-18(21)28/h7-14H,1-6H3,(H,29,30). The van der Waals surface area contributed by atoms with Gasteiger partial charge in [-0.05, 0) is 70.5 Å². The summed E-state index contributed by atoms with van der Waals surface area (Å²) in [5.74, 6) is -1.63. The number of anilines is 2. The first-order valence-corrected chi connectivity index (χ1v) is 11.2. The zero-order valence-electron chi connectivity index (χ0n) is 20.4. The van der Waals surface area contributed by atoms with Gasteiger partial charge in [0.1, 0.15) is 11.4 Å². The van der Waals surface area contributed by atoms with E-state index in [1.807, 2.05) is 20.8 Å². The first-order chi connectivity index (χ1) is 16.3. The fraction of sp³-hybridized carbons (Fsp3) is 0.308. The molecular formula is C26H27ClFN3O4. The number of halogens is 2. The van der Waals surface area contributed by atoms with E-state index in [1.165, 1.54) is 31.4 Å². The second-order valence-electron chi connectivity index (χ2n) is 9.41. The summed E-state index contributed by atoms with van der Waals surface area (Å²) in [4.78, 5) is 25.0. The molecule has 0 unspecified atom stereocenters. The van der Waals surface area contributed by atoms with E-state index in [2.05, 4.69) is 15.5 Å². The molecule has 2 aromatic carbocycles. The first-order valence-electron chi connectivity index (χ1n) is 10.8. The molecule has 1 aromatic heterocycles. The highest BCUT2D eigenvalue weighted by molar-refractivity contribution is 6.33. The lowest BCUT2D eigenvalue weighted by Gasteiger charge is -2.29. The number of methoxy groups -OCH3 is 1. The normalized spacial score (nSPS) is 11.7. The quantitative estimate of drug-likeness (QED) is 0.410. The Labute approximate surface area is 208 Å². The summed E-state index contributed by atoms with van der Waals surface area (Å²) in [7, 11) is 1.23. The number of aromatic nitrogens is 2. The highest BCUT2D eigenvalue weighted by atomic mass is 35.5. The van der Waals surface area contributed by atoms with Gasteiger partial charge in [0.2, 0.25) is 0 Å². The van der Waals surface area contributed by atoms with Crippen molar-refractivity contribution in [1.82, 2.24) is 10.2 Å². The zero-order chi connectivity index (χ0) is 26.0. The van der Waals surface area contributed by atoms with E-state index in [-0.39, 0.29) is 33.6 Å². The number of ether oxygens (including phenoxy) is 2. The van der Waals surface area contributed by atoms with Crippen molar-refractivity contribution in [3.8, 4) is 11.3 Å². The third kappa shape index (κ3) is 5.95. The minimum absolute atomic E-state index is 0.0654. The van der Waals surface area contributed by atoms with Crippen LogP contribution in [0.4, 0.5) is 15.8 Å². The maximum atomic E-state index is 14.4. The van der Waals surface area contributed by atoms with Gasteiger partial charge in [-0.1, -0.05) is 29.8 Å². The number of carbonyl (C=O) groups is 2. The molecule has 1 heterocycles. The van der Waals surface area contributed by atoms with E-state index >= 15 is 0 Å². The Kier molecular flexibility index (Phi) is 7.45. The van der Waals surface area contributed by atoms with Gasteiger partial charge in [0, 0.05) is 5.69 Å². The minimum atomic E-state index is -0.879. The predicted molar refractivity (Wildman–Crippen MR) is 132 cm³/mol. The number of nitrogens with zero attached hydrogens (tertiary/aromatic N) is 2. The van der Waals surface area contributed by atoms with Crippen molar-refractivity contribution in [2.75, 3.05) is 12.4 Å². The van der Waals surface area contributed by atoms with E-state index in [1.54, 1.807) is 38.1 Å². The second-order valence-corrected chi connectivity index (χ2v) is 9.82. The molecule has 9 heteroatoms. The van der Waals surface area contributed by atoms with Crippen LogP contribution in [0.15, 0.2) is 48.5 Å². The van der Waals surface area contributed by atoms with E-state index in [0.717, 1.165) is 5.56 Å². The van der Waals surface area contributed by atoms with Gasteiger partial charge in [0.05, 0.1) is 34.5 Å². The van der Waals surface area contributed by atoms with E-state index in [0.29, 0.717) is 5.69 Å². The van der Waals surface area contributed by atoms with Gasteiger partial charge in [0.15, 0.2) is 5.69 Å². The minimum Gasteiger partial charge on any atom is -0.464 e. The molecule has 184 valence electrons. The molecule has 7 nitrogen and oxygen atoms in total. The lowest BCUT2D eigenvalue weighted by Crippen LogP contribution is -2.36. The summed E-state index contributed by atoms with van der Waals surface area (Å²) in [6.45, 7) is 9.03. The van der Waals surface area contributed by atoms with Gasteiger partial charge < -0.3 is 14.8 Å². The highest BCUT2D eigenvalue weighted by Gasteiger charge is 2.34. The lowest BCUT2D eigenvalue weighted by molar-refractivity contribution is -0.160. The van der Waals surface area contributed by atoms with Crippen LogP contribution in [-0.4, -0.2) is 34.8 Å². The van der Waals surface area contributed by atoms with E-state index in [4.69, 9.17) is 21.1 Å². The fourth-order valence-corrected chi connectivity index (χ4v) is 3.51. The smallest absolute Gasteiger partial charge is 0.360 e. The largest absolute Gasteiger partial charge is 0.464 e. The fourth-order valence-electron chi connectivity index (χ4n) is 3.25. The van der Waals surface area contributed by atoms with Crippen molar-refractivity contribution >= 4 is 34.9 Å². The van der Waals surface area contributed by atoms with Crippen LogP contribution >= 0.6 is 11.6 Å². The van der Waals surface area contributed by atoms with Crippen LogP contribution < -0.4 is 5.32 Å². The van der Waals surface area contributed by atoms with Crippen LogP contribution in [0.3, 0.4) is 0 Å². The Morgan fingerprint density at radius 3 is 2.23 bits per heavy atom. The number of hydrogen-bond acceptors (Lipinski definition) is 7. The molecule has 0 amide bonds. The highest BCUT2D eigenvalue weighted by Crippen LogP contribution is 2.33. The lowest BCUT2D eigenvalue weighted by atomic mass is 9.84. The maximum Gasteiger partial charge on any atom is 0.360 e. The topological polar surface area (TPSA) is 90.4 Å². The zero-order valence-corrected chi connectivity index (χ0v) is 21.2. The molecule has 35 heavy (non-hydrogen) atoms. The molecule has 0 radical (unpaired) electrons. The third-order valence-corrected chi connectivity index (χ3v) is 5.50. The summed E-state index contributed by atoms with van der Waals surface area (Å²) >= 11 is 6.17. The van der Waals surface area contributed by atoms with Crippen molar-refractivity contribution in [2.45, 2.75) is 45.6 Å². The Hall–Kier alpha value is -3.52. The number of rotatable bonds is 6. The SMILES string of the molecule is COC(=O)c1nnc(-c2c(F)cccc2Cl)cc1Nc1ccc(C(C)(C)C(=O)OC(C)(C)C)cc1. The van der Waals surface area contributed by atoms with E-state index in [9.17, 15) is 14.0 Å². The van der Waals surface area contributed by atoms with Crippen molar-refractivity contribution in [2.24, 2.45) is 0 Å². The Bertz CT molecular complexity index is 1230. The summed E-state index contributed by atoms with van der Waals surface area (Å²) in [6, 6.07) is 12.8. The molecule has 0 bridgehead atoms. The summed E-state index contributed by atoms with van der Waals surface area (Å²) in [5.41, 5.74) is 0.238. The average molecular weight is 500 g/mol. The van der Waals surface area contributed by atoms with Crippen molar-refractivity contribution < 1.29 is 23.5 Å². The molecule has 0 saturated carbocycles. The van der Waals surface area contributed by atoms with Gasteiger partial charge in [-0.25, -0.2) is 9.18 Å². The molecule has 0 atom stereocenters. The number of benzene rings is 2. The molecule has 3 rings (SSSR count). The average Bonchev–Trinajstić information content (AvgIpc) is 2.78. The van der Waals surface area contributed by atoms with Gasteiger partial charge in [-0.15, -0.1) is 10.2 Å². The van der Waals surface area contributed by atoms with Crippen LogP contribution in [0.25, 0.3) is 11.3 Å². The molecule has 1 N–H and O–H groups in total. The van der Waals surface area contributed by atoms with Crippen LogP contribution in [-0.2, 0) is 19.7 Å². The number of hydrogen-bond donors (Lipinski definition) is 1. The molecular weight excluding hydrogens is 473 g/mol. The predicted octanol–water partition coefficient (Wildman–Crippen LogP) is 6.09. The van der Waals surface area contributed by atoms with Gasteiger partial charge in [-0.3, -0.25) is 4.79 Å². The van der Waals surface area contributed by atoms with Crippen molar-refractivity contribution in [3.63, 3.8) is 0 Å². The monoisotopic (exact) mass is 499 g/mol. The molecule has 0 saturated heterocycles. The first kappa shape index (κ1) is 26.1. The van der Waals surface area contributed by atoms with Gasteiger partial charge in [-0.2, -0.15) is 0 Å². The van der Waals surface area contributed by atoms with Gasteiger partial charge in [0.25, 0.3) is 0 Å². The Morgan fingerprint density at radius 1 is 1.00 bits per heavy atom. The maximum absolute atomic E-state index is 14.4. The van der Waals surface area contributed by atoms with Crippen LogP contribution in [0.1, 0.15) is 50.7 Å². The summed E-state index contributed by atoms with van der Waals surface area (Å²) < 4.78 is 24.8. The van der Waals surface area contributed by atoms with Crippen LogP contribution in [0.2, 0.25) is 5.02 Å². The van der Waals surface area contributed by atoms with Crippen LogP contribution in [0, 0.1) is 5.82 Å². The molecule has 0 spiro atoms. The Morgan fingerprint density at radius 2 is 1.66 bits per heavy atom. The van der Waals surface area contributed by atoms with E-state index < -0.39 is 22.8 Å².